The summed E-state index contributed by atoms with van der Waals surface area (Å²) in [6.07, 6.45) is 0. The molecule has 0 saturated carbocycles. The summed E-state index contributed by atoms with van der Waals surface area (Å²) in [4.78, 5) is 22.3. The van der Waals surface area contributed by atoms with E-state index in [1.165, 1.54) is 12.1 Å². The number of nitrogens with zero attached hydrogens (tertiary/aromatic N) is 2. The minimum Gasteiger partial charge on any atom is -0.348 e. The van der Waals surface area contributed by atoms with E-state index in [-0.39, 0.29) is 22.8 Å². The van der Waals surface area contributed by atoms with Crippen LogP contribution in [0.4, 0.5) is 5.69 Å². The predicted molar refractivity (Wildman–Crippen MR) is 77.3 cm³/mol. The molecule has 0 spiro atoms. The Hall–Kier alpha value is -2.41. The topological polar surface area (TPSA) is 101 Å². The van der Waals surface area contributed by atoms with Crippen LogP contribution in [0.2, 0.25) is 5.02 Å². The van der Waals surface area contributed by atoms with Crippen LogP contribution in [-0.4, -0.2) is 21.0 Å². The molecule has 2 rings (SSSR count). The van der Waals surface area contributed by atoms with Crippen molar-refractivity contribution >= 4 is 23.2 Å². The smallest absolute Gasteiger partial charge is 0.270 e. The number of hydrogen-bond acceptors (Lipinski definition) is 4. The second-order valence-electron chi connectivity index (χ2n) is 4.52. The molecule has 0 radical (unpaired) electrons. The van der Waals surface area contributed by atoms with Crippen molar-refractivity contribution in [3.05, 3.63) is 55.9 Å². The first-order valence-corrected chi connectivity index (χ1v) is 6.50. The van der Waals surface area contributed by atoms with Crippen LogP contribution in [0.15, 0.2) is 18.2 Å². The van der Waals surface area contributed by atoms with Crippen molar-refractivity contribution in [1.29, 1.82) is 0 Å². The van der Waals surface area contributed by atoms with Gasteiger partial charge in [0.1, 0.15) is 0 Å². The number of nitro groups is 1. The minimum atomic E-state index is -0.572. The predicted octanol–water partition coefficient (Wildman–Crippen LogP) is 2.52. The van der Waals surface area contributed by atoms with Gasteiger partial charge in [-0.2, -0.15) is 5.10 Å². The van der Waals surface area contributed by atoms with E-state index in [4.69, 9.17) is 11.6 Å². The van der Waals surface area contributed by atoms with Crippen molar-refractivity contribution in [1.82, 2.24) is 15.5 Å². The van der Waals surface area contributed by atoms with E-state index in [0.717, 1.165) is 23.0 Å². The number of aromatic amines is 1. The first-order chi connectivity index (χ1) is 9.90. The lowest BCUT2D eigenvalue weighted by molar-refractivity contribution is -0.384. The highest BCUT2D eigenvalue weighted by Gasteiger charge is 2.16. The van der Waals surface area contributed by atoms with Gasteiger partial charge in [-0.25, -0.2) is 0 Å². The zero-order valence-electron chi connectivity index (χ0n) is 11.4. The summed E-state index contributed by atoms with van der Waals surface area (Å²) >= 11 is 5.92. The average Bonchev–Trinajstić information content (AvgIpc) is 2.75. The summed E-state index contributed by atoms with van der Waals surface area (Å²) in [5, 5.41) is 20.4. The summed E-state index contributed by atoms with van der Waals surface area (Å²) in [7, 11) is 0. The fourth-order valence-electron chi connectivity index (χ4n) is 1.90. The molecular formula is C13H13ClN4O3. The Morgan fingerprint density at radius 3 is 2.76 bits per heavy atom. The van der Waals surface area contributed by atoms with Crippen molar-refractivity contribution < 1.29 is 9.72 Å². The molecule has 0 fully saturated rings. The number of H-pyrrole nitrogens is 1. The van der Waals surface area contributed by atoms with Crippen LogP contribution in [0, 0.1) is 24.0 Å². The normalized spacial score (nSPS) is 10.4. The third kappa shape index (κ3) is 3.19. The van der Waals surface area contributed by atoms with Crippen LogP contribution in [0.25, 0.3) is 0 Å². The Kier molecular flexibility index (Phi) is 4.23. The molecule has 2 aromatic rings. The number of rotatable bonds is 4. The molecule has 21 heavy (non-hydrogen) atoms. The fraction of sp³-hybridized carbons (Fsp3) is 0.231. The molecule has 1 amide bonds. The van der Waals surface area contributed by atoms with Crippen LogP contribution in [-0.2, 0) is 6.54 Å². The maximum absolute atomic E-state index is 12.1. The molecule has 0 atom stereocenters. The number of benzene rings is 1. The van der Waals surface area contributed by atoms with Gasteiger partial charge >= 0.3 is 0 Å². The summed E-state index contributed by atoms with van der Waals surface area (Å²) in [5.41, 5.74) is 2.42. The summed E-state index contributed by atoms with van der Waals surface area (Å²) in [6, 6.07) is 3.75. The number of non-ortho nitro benzene ring substituents is 1. The lowest BCUT2D eigenvalue weighted by atomic mass is 10.1. The van der Waals surface area contributed by atoms with E-state index >= 15 is 0 Å². The summed E-state index contributed by atoms with van der Waals surface area (Å²) in [5.74, 6) is -0.469. The molecule has 0 aliphatic carbocycles. The Balaban J connectivity index is 2.17. The largest absolute Gasteiger partial charge is 0.348 e. The average molecular weight is 309 g/mol. The molecule has 110 valence electrons. The van der Waals surface area contributed by atoms with E-state index in [9.17, 15) is 14.9 Å². The molecule has 1 heterocycles. The monoisotopic (exact) mass is 308 g/mol. The van der Waals surface area contributed by atoms with E-state index in [2.05, 4.69) is 15.5 Å². The van der Waals surface area contributed by atoms with Crippen molar-refractivity contribution in [3.63, 3.8) is 0 Å². The number of aryl methyl sites for hydroxylation is 2. The number of hydrogen-bond donors (Lipinski definition) is 2. The molecule has 2 N–H and O–H groups in total. The number of amides is 1. The number of carbonyl (C=O) groups excluding carboxylic acids is 1. The molecule has 1 aromatic carbocycles. The maximum atomic E-state index is 12.1. The van der Waals surface area contributed by atoms with Crippen LogP contribution in [0.1, 0.15) is 27.3 Å². The molecule has 0 bridgehead atoms. The third-order valence-corrected chi connectivity index (χ3v) is 3.44. The highest BCUT2D eigenvalue weighted by atomic mass is 35.5. The van der Waals surface area contributed by atoms with Crippen molar-refractivity contribution in [3.8, 4) is 0 Å². The van der Waals surface area contributed by atoms with E-state index in [0.29, 0.717) is 0 Å². The van der Waals surface area contributed by atoms with Gasteiger partial charge in [0.05, 0.1) is 21.2 Å². The number of aromatic nitrogens is 2. The van der Waals surface area contributed by atoms with Gasteiger partial charge in [0.2, 0.25) is 0 Å². The second kappa shape index (κ2) is 5.92. The number of carbonyl (C=O) groups is 1. The lowest BCUT2D eigenvalue weighted by Crippen LogP contribution is -2.23. The van der Waals surface area contributed by atoms with Crippen LogP contribution < -0.4 is 5.32 Å². The molecule has 7 nitrogen and oxygen atoms in total. The SMILES string of the molecule is Cc1n[nH]c(C)c1CNC(=O)c1cc([N+](=O)[O-])ccc1Cl. The van der Waals surface area contributed by atoms with Crippen LogP contribution >= 0.6 is 11.6 Å². The standard InChI is InChI=1S/C13H13ClN4O3/c1-7-11(8(2)17-16-7)6-15-13(19)10-5-9(18(20)21)3-4-12(10)14/h3-5H,6H2,1-2H3,(H,15,19)(H,16,17). The van der Waals surface area contributed by atoms with E-state index in [1.54, 1.807) is 0 Å². The lowest BCUT2D eigenvalue weighted by Gasteiger charge is -2.07. The molecule has 1 aromatic heterocycles. The molecule has 8 heteroatoms. The zero-order valence-corrected chi connectivity index (χ0v) is 12.2. The molecule has 0 saturated heterocycles. The van der Waals surface area contributed by atoms with E-state index < -0.39 is 10.8 Å². The van der Waals surface area contributed by atoms with Gasteiger partial charge in [0.25, 0.3) is 11.6 Å². The molecule has 0 unspecified atom stereocenters. The Bertz CT molecular complexity index is 692. The molecule has 0 aliphatic heterocycles. The van der Waals surface area contributed by atoms with Crippen molar-refractivity contribution in [2.45, 2.75) is 20.4 Å². The molecular weight excluding hydrogens is 296 g/mol. The maximum Gasteiger partial charge on any atom is 0.270 e. The summed E-state index contributed by atoms with van der Waals surface area (Å²) < 4.78 is 0. The van der Waals surface area contributed by atoms with Gasteiger partial charge in [-0.15, -0.1) is 0 Å². The van der Waals surface area contributed by atoms with Gasteiger partial charge in [-0.3, -0.25) is 20.0 Å². The zero-order chi connectivity index (χ0) is 15.6. The first kappa shape index (κ1) is 15.0. The van der Waals surface area contributed by atoms with Crippen LogP contribution in [0.5, 0.6) is 0 Å². The Morgan fingerprint density at radius 2 is 2.19 bits per heavy atom. The number of nitrogens with one attached hydrogen (secondary N) is 2. The molecule has 0 aliphatic rings. The highest BCUT2D eigenvalue weighted by Crippen LogP contribution is 2.22. The Morgan fingerprint density at radius 1 is 1.48 bits per heavy atom. The van der Waals surface area contributed by atoms with Crippen molar-refractivity contribution in [2.24, 2.45) is 0 Å². The quantitative estimate of drug-likeness (QED) is 0.669. The van der Waals surface area contributed by atoms with Crippen molar-refractivity contribution in [2.75, 3.05) is 0 Å². The highest BCUT2D eigenvalue weighted by molar-refractivity contribution is 6.33. The Labute approximate surface area is 125 Å². The van der Waals surface area contributed by atoms with Gasteiger partial charge in [0, 0.05) is 29.9 Å². The number of halogens is 1. The van der Waals surface area contributed by atoms with Crippen LogP contribution in [0.3, 0.4) is 0 Å². The van der Waals surface area contributed by atoms with Gasteiger partial charge < -0.3 is 5.32 Å². The van der Waals surface area contributed by atoms with Gasteiger partial charge in [-0.1, -0.05) is 11.6 Å². The minimum absolute atomic E-state index is 0.0738. The second-order valence-corrected chi connectivity index (χ2v) is 4.92. The summed E-state index contributed by atoms with van der Waals surface area (Å²) in [6.45, 7) is 3.94. The third-order valence-electron chi connectivity index (χ3n) is 3.11. The fourth-order valence-corrected chi connectivity index (χ4v) is 2.10. The first-order valence-electron chi connectivity index (χ1n) is 6.12. The van der Waals surface area contributed by atoms with E-state index in [1.807, 2.05) is 13.8 Å². The number of nitro benzene ring substituents is 1. The van der Waals surface area contributed by atoms with Gasteiger partial charge in [0.15, 0.2) is 0 Å². The van der Waals surface area contributed by atoms with Gasteiger partial charge in [-0.05, 0) is 19.9 Å².